The van der Waals surface area contributed by atoms with E-state index in [-0.39, 0.29) is 16.9 Å². The van der Waals surface area contributed by atoms with E-state index in [2.05, 4.69) is 33.9 Å². The molecule has 0 aromatic heterocycles. The number of rotatable bonds is 5. The second kappa shape index (κ2) is 6.37. The summed E-state index contributed by atoms with van der Waals surface area (Å²) >= 11 is 0. The van der Waals surface area contributed by atoms with Gasteiger partial charge in [0, 0.05) is 12.6 Å². The number of nitrogens with two attached hydrogens (primary N) is 1. The van der Waals surface area contributed by atoms with Crippen LogP contribution in [0, 0.1) is 12.7 Å². The molecule has 4 heteroatoms. The van der Waals surface area contributed by atoms with E-state index in [1.165, 1.54) is 12.1 Å². The van der Waals surface area contributed by atoms with Gasteiger partial charge in [-0.2, -0.15) is 0 Å². The van der Waals surface area contributed by atoms with Crippen LogP contribution in [0.15, 0.2) is 18.2 Å². The van der Waals surface area contributed by atoms with Crippen LogP contribution in [0.5, 0.6) is 0 Å². The molecular formula is C16H28FNOSi. The Kier molecular flexibility index (Phi) is 5.52. The van der Waals surface area contributed by atoms with Gasteiger partial charge in [0.1, 0.15) is 5.82 Å². The number of hydrogen-bond acceptors (Lipinski definition) is 2. The minimum absolute atomic E-state index is 0.171. The Morgan fingerprint density at radius 1 is 1.30 bits per heavy atom. The van der Waals surface area contributed by atoms with Crippen molar-refractivity contribution in [3.05, 3.63) is 35.1 Å². The molecule has 0 spiro atoms. The summed E-state index contributed by atoms with van der Waals surface area (Å²) in [6.07, 6.45) is 0.719. The molecule has 1 rings (SSSR count). The fourth-order valence-corrected chi connectivity index (χ4v) is 2.89. The molecule has 2 N–H and O–H groups in total. The van der Waals surface area contributed by atoms with E-state index >= 15 is 0 Å². The molecule has 0 amide bonds. The molecule has 1 atom stereocenters. The first-order chi connectivity index (χ1) is 9.04. The molecule has 1 aromatic rings. The summed E-state index contributed by atoms with van der Waals surface area (Å²) < 4.78 is 19.4. The van der Waals surface area contributed by atoms with Gasteiger partial charge in [0.25, 0.3) is 0 Å². The zero-order chi connectivity index (χ0) is 15.6. The van der Waals surface area contributed by atoms with Crippen molar-refractivity contribution in [3.63, 3.8) is 0 Å². The van der Waals surface area contributed by atoms with Crippen molar-refractivity contribution in [2.45, 2.75) is 58.3 Å². The van der Waals surface area contributed by atoms with Gasteiger partial charge in [-0.1, -0.05) is 26.8 Å². The molecule has 0 saturated heterocycles. The molecule has 0 heterocycles. The minimum Gasteiger partial charge on any atom is -0.417 e. The third-order valence-corrected chi connectivity index (χ3v) is 8.88. The summed E-state index contributed by atoms with van der Waals surface area (Å²) in [4.78, 5) is 0. The maximum Gasteiger partial charge on any atom is 0.191 e. The molecule has 0 radical (unpaired) electrons. The van der Waals surface area contributed by atoms with Crippen LogP contribution >= 0.6 is 0 Å². The van der Waals surface area contributed by atoms with Gasteiger partial charge < -0.3 is 10.2 Å². The molecule has 0 aliphatic rings. The number of benzene rings is 1. The van der Waals surface area contributed by atoms with Crippen LogP contribution in [0.25, 0.3) is 0 Å². The van der Waals surface area contributed by atoms with E-state index in [1.807, 2.05) is 6.92 Å². The van der Waals surface area contributed by atoms with Crippen molar-refractivity contribution in [2.24, 2.45) is 5.73 Å². The van der Waals surface area contributed by atoms with Crippen LogP contribution in [0.3, 0.4) is 0 Å². The Morgan fingerprint density at radius 3 is 2.45 bits per heavy atom. The van der Waals surface area contributed by atoms with Crippen LogP contribution in [-0.4, -0.2) is 14.9 Å². The first-order valence-corrected chi connectivity index (χ1v) is 10.1. The lowest BCUT2D eigenvalue weighted by molar-refractivity contribution is 0.272. The quantitative estimate of drug-likeness (QED) is 0.809. The fourth-order valence-electron chi connectivity index (χ4n) is 1.82. The van der Waals surface area contributed by atoms with E-state index in [0.29, 0.717) is 6.61 Å². The Labute approximate surface area is 123 Å². The van der Waals surface area contributed by atoms with Crippen molar-refractivity contribution in [2.75, 3.05) is 6.61 Å². The lowest BCUT2D eigenvalue weighted by Crippen LogP contribution is -2.41. The van der Waals surface area contributed by atoms with Crippen molar-refractivity contribution < 1.29 is 8.82 Å². The average Bonchev–Trinajstić information content (AvgIpc) is 2.30. The Bertz CT molecular complexity index is 454. The number of aryl methyl sites for hydroxylation is 1. The van der Waals surface area contributed by atoms with Crippen LogP contribution in [0.4, 0.5) is 4.39 Å². The van der Waals surface area contributed by atoms with Crippen LogP contribution in [-0.2, 0) is 4.43 Å². The Hall–Kier alpha value is -0.713. The average molecular weight is 297 g/mol. The normalized spacial score (nSPS) is 14.4. The predicted octanol–water partition coefficient (Wildman–Crippen LogP) is 4.55. The van der Waals surface area contributed by atoms with Gasteiger partial charge in [0.15, 0.2) is 8.32 Å². The highest BCUT2D eigenvalue weighted by Gasteiger charge is 2.36. The van der Waals surface area contributed by atoms with Gasteiger partial charge in [-0.05, 0) is 54.7 Å². The first kappa shape index (κ1) is 17.3. The van der Waals surface area contributed by atoms with Crippen LogP contribution < -0.4 is 5.73 Å². The fraction of sp³-hybridized carbons (Fsp3) is 0.625. The van der Waals surface area contributed by atoms with Crippen molar-refractivity contribution >= 4 is 8.32 Å². The van der Waals surface area contributed by atoms with Gasteiger partial charge in [-0.25, -0.2) is 4.39 Å². The molecule has 1 unspecified atom stereocenters. The zero-order valence-corrected chi connectivity index (χ0v) is 14.6. The molecular weight excluding hydrogens is 269 g/mol. The third-order valence-electron chi connectivity index (χ3n) is 4.34. The summed E-state index contributed by atoms with van der Waals surface area (Å²) in [6, 6.07) is 4.61. The number of halogens is 1. The largest absolute Gasteiger partial charge is 0.417 e. The summed E-state index contributed by atoms with van der Waals surface area (Å²) in [5.74, 6) is -0.230. The molecule has 20 heavy (non-hydrogen) atoms. The maximum atomic E-state index is 13.3. The number of hydrogen-bond donors (Lipinski definition) is 1. The van der Waals surface area contributed by atoms with Gasteiger partial charge in [0.2, 0.25) is 0 Å². The van der Waals surface area contributed by atoms with E-state index in [0.717, 1.165) is 17.5 Å². The van der Waals surface area contributed by atoms with Crippen LogP contribution in [0.1, 0.15) is 44.4 Å². The zero-order valence-electron chi connectivity index (χ0n) is 13.6. The van der Waals surface area contributed by atoms with Gasteiger partial charge in [0.05, 0.1) is 0 Å². The second-order valence-electron chi connectivity index (χ2n) is 7.00. The van der Waals surface area contributed by atoms with Crippen molar-refractivity contribution in [1.82, 2.24) is 0 Å². The third kappa shape index (κ3) is 4.40. The molecule has 0 aliphatic carbocycles. The van der Waals surface area contributed by atoms with Gasteiger partial charge in [-0.15, -0.1) is 0 Å². The highest BCUT2D eigenvalue weighted by molar-refractivity contribution is 6.74. The van der Waals surface area contributed by atoms with E-state index in [4.69, 9.17) is 10.2 Å². The Morgan fingerprint density at radius 2 is 1.90 bits per heavy atom. The lowest BCUT2D eigenvalue weighted by Gasteiger charge is -2.36. The summed E-state index contributed by atoms with van der Waals surface area (Å²) in [6.45, 7) is 13.7. The smallest absolute Gasteiger partial charge is 0.191 e. The highest BCUT2D eigenvalue weighted by Crippen LogP contribution is 2.36. The molecule has 0 saturated carbocycles. The summed E-state index contributed by atoms with van der Waals surface area (Å²) in [5.41, 5.74) is 8.08. The van der Waals surface area contributed by atoms with Crippen molar-refractivity contribution in [3.8, 4) is 0 Å². The topological polar surface area (TPSA) is 35.2 Å². The van der Waals surface area contributed by atoms with E-state index in [9.17, 15) is 4.39 Å². The lowest BCUT2D eigenvalue weighted by atomic mass is 10.00. The van der Waals surface area contributed by atoms with Gasteiger partial charge >= 0.3 is 0 Å². The molecule has 0 bridgehead atoms. The van der Waals surface area contributed by atoms with E-state index in [1.54, 1.807) is 6.07 Å². The SMILES string of the molecule is Cc1ccc(F)cc1C(N)CCO[Si](C)(C)C(C)(C)C. The highest BCUT2D eigenvalue weighted by atomic mass is 28.4. The molecule has 0 fully saturated rings. The Balaban J connectivity index is 2.60. The molecule has 2 nitrogen and oxygen atoms in total. The molecule has 0 aliphatic heterocycles. The van der Waals surface area contributed by atoms with E-state index < -0.39 is 8.32 Å². The maximum absolute atomic E-state index is 13.3. The first-order valence-electron chi connectivity index (χ1n) is 7.20. The molecule has 1 aromatic carbocycles. The van der Waals surface area contributed by atoms with Crippen molar-refractivity contribution in [1.29, 1.82) is 0 Å². The standard InChI is InChI=1S/C16H28FNOSi/c1-12-7-8-13(17)11-14(12)15(18)9-10-19-20(5,6)16(2,3)4/h7-8,11,15H,9-10,18H2,1-6H3. The monoisotopic (exact) mass is 297 g/mol. The van der Waals surface area contributed by atoms with Crippen LogP contribution in [0.2, 0.25) is 18.1 Å². The summed E-state index contributed by atoms with van der Waals surface area (Å²) in [5, 5.41) is 0.200. The molecule has 114 valence electrons. The summed E-state index contributed by atoms with van der Waals surface area (Å²) in [7, 11) is -1.73. The predicted molar refractivity (Wildman–Crippen MR) is 85.8 cm³/mol. The second-order valence-corrected chi connectivity index (χ2v) is 11.8. The minimum atomic E-state index is -1.73. The van der Waals surface area contributed by atoms with Gasteiger partial charge in [-0.3, -0.25) is 0 Å².